The number of amides is 1. The van der Waals surface area contributed by atoms with Gasteiger partial charge in [0, 0.05) is 5.69 Å². The van der Waals surface area contributed by atoms with Crippen LogP contribution in [0.5, 0.6) is 0 Å². The van der Waals surface area contributed by atoms with Crippen LogP contribution in [-0.4, -0.2) is 34.6 Å². The van der Waals surface area contributed by atoms with Crippen LogP contribution in [0.3, 0.4) is 0 Å². The zero-order chi connectivity index (χ0) is 13.8. The molecule has 3 rings (SSSR count). The first-order valence-electron chi connectivity index (χ1n) is 6.17. The van der Waals surface area contributed by atoms with Crippen LogP contribution in [0.25, 0.3) is 0 Å². The number of carbonyl (C=O) groups excluding carboxylic acids is 1. The van der Waals surface area contributed by atoms with Gasteiger partial charge in [0.1, 0.15) is 5.60 Å². The summed E-state index contributed by atoms with van der Waals surface area (Å²) in [6.45, 7) is 0.721. The van der Waals surface area contributed by atoms with E-state index in [1.807, 2.05) is 0 Å². The van der Waals surface area contributed by atoms with Crippen molar-refractivity contribution in [3.63, 3.8) is 0 Å². The Morgan fingerprint density at radius 3 is 2.58 bits per heavy atom. The minimum Gasteiger partial charge on any atom is -0.399 e. The summed E-state index contributed by atoms with van der Waals surface area (Å²) in [5, 5.41) is 10.7. The Labute approximate surface area is 121 Å². The molecular formula is C13H14Cl2N2O2. The Morgan fingerprint density at radius 1 is 1.37 bits per heavy atom. The van der Waals surface area contributed by atoms with Crippen molar-refractivity contribution < 1.29 is 9.90 Å². The molecule has 0 bridgehead atoms. The first-order chi connectivity index (χ1) is 8.90. The molecule has 1 amide bonds. The Hall–Kier alpha value is -0.970. The number of rotatable bonds is 2. The molecule has 6 heteroatoms. The van der Waals surface area contributed by atoms with E-state index in [-0.39, 0.29) is 16.0 Å². The molecule has 0 unspecified atom stereocenters. The van der Waals surface area contributed by atoms with Crippen molar-refractivity contribution in [3.05, 3.63) is 27.7 Å². The molecule has 4 nitrogen and oxygen atoms in total. The number of hydrogen-bond donors (Lipinski definition) is 2. The number of benzene rings is 1. The lowest BCUT2D eigenvalue weighted by molar-refractivity contribution is -0.0958. The molecule has 0 spiro atoms. The number of carbonyl (C=O) groups is 1. The van der Waals surface area contributed by atoms with Crippen LogP contribution < -0.4 is 5.73 Å². The average Bonchev–Trinajstić information content (AvgIpc) is 3.13. The minimum atomic E-state index is -0.702. The summed E-state index contributed by atoms with van der Waals surface area (Å²) in [7, 11) is 0. The summed E-state index contributed by atoms with van der Waals surface area (Å²) in [5.74, 6) is 0.112. The molecule has 0 aromatic heterocycles. The summed E-state index contributed by atoms with van der Waals surface area (Å²) >= 11 is 11.9. The standard InChI is InChI=1S/C13H14Cl2N2O2/c14-10-4-8(16)3-9(11(10)15)12(18)17-5-13(19,6-17)7-1-2-7/h3-4,7,19H,1-2,5-6,16H2. The normalized spacial score (nSPS) is 21.1. The lowest BCUT2D eigenvalue weighted by Gasteiger charge is -2.47. The number of β-amino-alcohol motifs (C(OH)–C–C–N with tert-alkyl or cyclic N) is 1. The van der Waals surface area contributed by atoms with Gasteiger partial charge in [-0.2, -0.15) is 0 Å². The molecule has 1 aliphatic heterocycles. The fourth-order valence-corrected chi connectivity index (χ4v) is 2.99. The van der Waals surface area contributed by atoms with Crippen molar-refractivity contribution in [2.24, 2.45) is 5.92 Å². The molecule has 1 heterocycles. The third-order valence-corrected chi connectivity index (χ3v) is 4.64. The van der Waals surface area contributed by atoms with Crippen molar-refractivity contribution in [2.75, 3.05) is 18.8 Å². The Kier molecular flexibility index (Phi) is 2.93. The third-order valence-electron chi connectivity index (χ3n) is 3.83. The van der Waals surface area contributed by atoms with Gasteiger partial charge < -0.3 is 15.7 Å². The van der Waals surface area contributed by atoms with Crippen molar-refractivity contribution in [1.82, 2.24) is 4.90 Å². The van der Waals surface area contributed by atoms with Crippen LogP contribution in [0.15, 0.2) is 12.1 Å². The van der Waals surface area contributed by atoms with Gasteiger partial charge >= 0.3 is 0 Å². The summed E-state index contributed by atoms with van der Waals surface area (Å²) in [5.41, 5.74) is 5.67. The van der Waals surface area contributed by atoms with Gasteiger partial charge in [-0.05, 0) is 30.9 Å². The molecule has 1 aliphatic carbocycles. The van der Waals surface area contributed by atoms with Gasteiger partial charge in [-0.15, -0.1) is 0 Å². The van der Waals surface area contributed by atoms with E-state index in [2.05, 4.69) is 0 Å². The Balaban J connectivity index is 1.78. The maximum absolute atomic E-state index is 12.3. The van der Waals surface area contributed by atoms with Crippen molar-refractivity contribution >= 4 is 34.8 Å². The van der Waals surface area contributed by atoms with E-state index in [4.69, 9.17) is 28.9 Å². The van der Waals surface area contributed by atoms with E-state index in [9.17, 15) is 9.90 Å². The highest BCUT2D eigenvalue weighted by molar-refractivity contribution is 6.44. The second-order valence-electron chi connectivity index (χ2n) is 5.40. The number of aliphatic hydroxyl groups is 1. The van der Waals surface area contributed by atoms with E-state index in [0.717, 1.165) is 12.8 Å². The predicted molar refractivity (Wildman–Crippen MR) is 74.5 cm³/mol. The first kappa shape index (κ1) is 13.0. The quantitative estimate of drug-likeness (QED) is 0.823. The molecule has 0 radical (unpaired) electrons. The number of likely N-dealkylation sites (tertiary alicyclic amines) is 1. The van der Waals surface area contributed by atoms with Crippen molar-refractivity contribution in [2.45, 2.75) is 18.4 Å². The molecule has 0 atom stereocenters. The van der Waals surface area contributed by atoms with Crippen LogP contribution in [0.4, 0.5) is 5.69 Å². The van der Waals surface area contributed by atoms with Crippen LogP contribution >= 0.6 is 23.2 Å². The lowest BCUT2D eigenvalue weighted by Crippen LogP contribution is -2.64. The van der Waals surface area contributed by atoms with Gasteiger partial charge in [0.15, 0.2) is 0 Å². The average molecular weight is 301 g/mol. The SMILES string of the molecule is Nc1cc(Cl)c(Cl)c(C(=O)N2CC(O)(C3CC3)C2)c1. The largest absolute Gasteiger partial charge is 0.399 e. The van der Waals surface area contributed by atoms with E-state index in [0.29, 0.717) is 30.3 Å². The number of nitrogens with two attached hydrogens (primary N) is 1. The molecular weight excluding hydrogens is 287 g/mol. The second-order valence-corrected chi connectivity index (χ2v) is 6.19. The van der Waals surface area contributed by atoms with Gasteiger partial charge in [0.05, 0.1) is 28.7 Å². The van der Waals surface area contributed by atoms with E-state index < -0.39 is 5.60 Å². The molecule has 19 heavy (non-hydrogen) atoms. The molecule has 2 aliphatic rings. The fraction of sp³-hybridized carbons (Fsp3) is 0.462. The highest BCUT2D eigenvalue weighted by Gasteiger charge is 2.53. The smallest absolute Gasteiger partial charge is 0.255 e. The van der Waals surface area contributed by atoms with Crippen LogP contribution in [0.2, 0.25) is 10.0 Å². The van der Waals surface area contributed by atoms with Crippen LogP contribution in [0.1, 0.15) is 23.2 Å². The molecule has 3 N–H and O–H groups in total. The zero-order valence-corrected chi connectivity index (χ0v) is 11.7. The van der Waals surface area contributed by atoms with Crippen molar-refractivity contribution in [1.29, 1.82) is 0 Å². The van der Waals surface area contributed by atoms with Gasteiger partial charge in [-0.3, -0.25) is 4.79 Å². The molecule has 1 aromatic rings. The van der Waals surface area contributed by atoms with Crippen molar-refractivity contribution in [3.8, 4) is 0 Å². The molecule has 1 aromatic carbocycles. The van der Waals surface area contributed by atoms with Gasteiger partial charge in [0.2, 0.25) is 0 Å². The van der Waals surface area contributed by atoms with Crippen LogP contribution in [-0.2, 0) is 0 Å². The predicted octanol–water partition coefficient (Wildman–Crippen LogP) is 2.17. The highest BCUT2D eigenvalue weighted by atomic mass is 35.5. The van der Waals surface area contributed by atoms with E-state index in [1.54, 1.807) is 4.90 Å². The summed E-state index contributed by atoms with van der Waals surface area (Å²) in [6.07, 6.45) is 2.09. The van der Waals surface area contributed by atoms with Gasteiger partial charge in [-0.1, -0.05) is 23.2 Å². The van der Waals surface area contributed by atoms with E-state index >= 15 is 0 Å². The minimum absolute atomic E-state index is 0.211. The number of nitrogen functional groups attached to an aromatic ring is 1. The summed E-state index contributed by atoms with van der Waals surface area (Å²) < 4.78 is 0. The summed E-state index contributed by atoms with van der Waals surface area (Å²) in [4.78, 5) is 13.9. The topological polar surface area (TPSA) is 66.6 Å². The molecule has 102 valence electrons. The van der Waals surface area contributed by atoms with E-state index in [1.165, 1.54) is 12.1 Å². The number of anilines is 1. The second kappa shape index (κ2) is 4.27. The molecule has 1 saturated carbocycles. The lowest BCUT2D eigenvalue weighted by atomic mass is 9.88. The van der Waals surface area contributed by atoms with Crippen LogP contribution in [0, 0.1) is 5.92 Å². The molecule has 1 saturated heterocycles. The summed E-state index contributed by atoms with van der Waals surface area (Å²) in [6, 6.07) is 3.03. The molecule has 2 fully saturated rings. The zero-order valence-electron chi connectivity index (χ0n) is 10.2. The van der Waals surface area contributed by atoms with Gasteiger partial charge in [-0.25, -0.2) is 0 Å². The fourth-order valence-electron chi connectivity index (χ4n) is 2.57. The number of halogens is 2. The maximum atomic E-state index is 12.3. The number of hydrogen-bond acceptors (Lipinski definition) is 3. The monoisotopic (exact) mass is 300 g/mol. The Bertz CT molecular complexity index is 552. The van der Waals surface area contributed by atoms with Gasteiger partial charge in [0.25, 0.3) is 5.91 Å². The first-order valence-corrected chi connectivity index (χ1v) is 6.92. The maximum Gasteiger partial charge on any atom is 0.255 e. The highest BCUT2D eigenvalue weighted by Crippen LogP contribution is 2.45. The third kappa shape index (κ3) is 2.18. The number of nitrogens with zero attached hydrogens (tertiary/aromatic N) is 1. The Morgan fingerprint density at radius 2 is 2.00 bits per heavy atom.